The summed E-state index contributed by atoms with van der Waals surface area (Å²) in [5.41, 5.74) is 1.40. The molecule has 0 atom stereocenters. The molecule has 2 N–H and O–H groups in total. The normalized spacial score (nSPS) is 16.8. The van der Waals surface area contributed by atoms with Crippen LogP contribution in [0, 0.1) is 0 Å². The lowest BCUT2D eigenvalue weighted by Gasteiger charge is -2.33. The van der Waals surface area contributed by atoms with Gasteiger partial charge >= 0.3 is 0 Å². The summed E-state index contributed by atoms with van der Waals surface area (Å²) in [4.78, 5) is 8.33. The van der Waals surface area contributed by atoms with Crippen LogP contribution in [-0.2, 0) is 13.0 Å². The van der Waals surface area contributed by atoms with Crippen LogP contribution in [0.2, 0.25) is 0 Å². The van der Waals surface area contributed by atoms with Gasteiger partial charge in [0.1, 0.15) is 0 Å². The zero-order chi connectivity index (χ0) is 17.3. The van der Waals surface area contributed by atoms with Gasteiger partial charge in [-0.05, 0) is 36.3 Å². The van der Waals surface area contributed by atoms with Gasteiger partial charge in [0.15, 0.2) is 5.96 Å². The van der Waals surface area contributed by atoms with Crippen molar-refractivity contribution in [3.05, 3.63) is 58.3 Å². The molecule has 0 unspecified atom stereocenters. The minimum atomic E-state index is 0.514. The summed E-state index contributed by atoms with van der Waals surface area (Å²) in [5.74, 6) is 0.929. The maximum atomic E-state index is 4.37. The van der Waals surface area contributed by atoms with Crippen molar-refractivity contribution in [2.45, 2.75) is 31.8 Å². The molecular weight excluding hydrogens is 328 g/mol. The number of thiophene rings is 1. The Labute approximate surface area is 155 Å². The fourth-order valence-corrected chi connectivity index (χ4v) is 3.93. The molecule has 25 heavy (non-hydrogen) atoms. The van der Waals surface area contributed by atoms with Crippen LogP contribution in [0.4, 0.5) is 0 Å². The Morgan fingerprint density at radius 1 is 1.16 bits per heavy atom. The van der Waals surface area contributed by atoms with Crippen LogP contribution in [0.25, 0.3) is 0 Å². The summed E-state index contributed by atoms with van der Waals surface area (Å²) < 4.78 is 0. The predicted molar refractivity (Wildman–Crippen MR) is 107 cm³/mol. The third-order valence-electron chi connectivity index (χ3n) is 4.64. The average Bonchev–Trinajstić information content (AvgIpc) is 3.17. The second-order valence-electron chi connectivity index (χ2n) is 6.51. The van der Waals surface area contributed by atoms with Crippen LogP contribution < -0.4 is 10.6 Å². The van der Waals surface area contributed by atoms with E-state index in [9.17, 15) is 0 Å². The molecule has 1 fully saturated rings. The Balaban J connectivity index is 1.37. The van der Waals surface area contributed by atoms with Crippen LogP contribution in [0.15, 0.2) is 52.8 Å². The highest BCUT2D eigenvalue weighted by Crippen LogP contribution is 2.14. The Bertz CT molecular complexity index is 631. The topological polar surface area (TPSA) is 39.7 Å². The number of aliphatic imine (C=N–C) groups is 1. The molecule has 1 aromatic carbocycles. The molecule has 1 aliphatic heterocycles. The van der Waals surface area contributed by atoms with Gasteiger partial charge in [0.25, 0.3) is 0 Å². The lowest BCUT2D eigenvalue weighted by molar-refractivity contribution is 0.198. The monoisotopic (exact) mass is 356 g/mol. The number of hydrogen-bond donors (Lipinski definition) is 2. The summed E-state index contributed by atoms with van der Waals surface area (Å²) in [6, 6.07) is 15.6. The van der Waals surface area contributed by atoms with E-state index in [4.69, 9.17) is 0 Å². The predicted octanol–water partition coefficient (Wildman–Crippen LogP) is 3.12. The lowest BCUT2D eigenvalue weighted by Crippen LogP contribution is -2.48. The molecule has 5 heteroatoms. The van der Waals surface area contributed by atoms with Crippen molar-refractivity contribution in [1.29, 1.82) is 0 Å². The maximum Gasteiger partial charge on any atom is 0.191 e. The van der Waals surface area contributed by atoms with Crippen molar-refractivity contribution >= 4 is 17.3 Å². The van der Waals surface area contributed by atoms with Gasteiger partial charge in [0.05, 0.1) is 0 Å². The lowest BCUT2D eigenvalue weighted by atomic mass is 10.0. The fourth-order valence-electron chi connectivity index (χ4n) is 3.22. The first-order valence-electron chi connectivity index (χ1n) is 9.09. The number of nitrogens with one attached hydrogen (secondary N) is 2. The molecule has 0 bridgehead atoms. The third-order valence-corrected chi connectivity index (χ3v) is 5.58. The van der Waals surface area contributed by atoms with Crippen molar-refractivity contribution < 1.29 is 0 Å². The van der Waals surface area contributed by atoms with E-state index in [2.05, 4.69) is 68.4 Å². The molecule has 1 aromatic heterocycles. The van der Waals surface area contributed by atoms with Crippen LogP contribution in [0.3, 0.4) is 0 Å². The first-order chi connectivity index (χ1) is 12.3. The standard InChI is InChI=1S/C20H28N4S/c1-21-20(22-12-9-19-8-5-15-25-19)23-18-10-13-24(14-11-18)16-17-6-3-2-4-7-17/h2-8,15,18H,9-14,16H2,1H3,(H2,21,22,23). The first-order valence-corrected chi connectivity index (χ1v) is 9.97. The molecule has 0 saturated carbocycles. The van der Waals surface area contributed by atoms with E-state index in [0.29, 0.717) is 6.04 Å². The van der Waals surface area contributed by atoms with Gasteiger partial charge in [-0.25, -0.2) is 0 Å². The van der Waals surface area contributed by atoms with E-state index in [1.165, 1.54) is 23.3 Å². The highest BCUT2D eigenvalue weighted by molar-refractivity contribution is 7.09. The summed E-state index contributed by atoms with van der Waals surface area (Å²) in [6.45, 7) is 4.26. The van der Waals surface area contributed by atoms with Gasteiger partial charge < -0.3 is 10.6 Å². The SMILES string of the molecule is CN=C(NCCc1cccs1)NC1CCN(Cc2ccccc2)CC1. The minimum absolute atomic E-state index is 0.514. The Kier molecular flexibility index (Phi) is 6.89. The molecule has 0 spiro atoms. The fraction of sp³-hybridized carbons (Fsp3) is 0.450. The number of rotatable bonds is 6. The van der Waals surface area contributed by atoms with Crippen molar-refractivity contribution in [2.24, 2.45) is 4.99 Å². The summed E-state index contributed by atoms with van der Waals surface area (Å²) in [6.07, 6.45) is 3.38. The van der Waals surface area contributed by atoms with E-state index >= 15 is 0 Å². The Hall–Kier alpha value is -1.85. The van der Waals surface area contributed by atoms with Crippen LogP contribution in [0.5, 0.6) is 0 Å². The number of guanidine groups is 1. The van der Waals surface area contributed by atoms with E-state index in [0.717, 1.165) is 38.6 Å². The molecular formula is C20H28N4S. The smallest absolute Gasteiger partial charge is 0.191 e. The maximum absolute atomic E-state index is 4.37. The molecule has 1 aliphatic rings. The highest BCUT2D eigenvalue weighted by atomic mass is 32.1. The van der Waals surface area contributed by atoms with Crippen molar-refractivity contribution in [3.63, 3.8) is 0 Å². The third kappa shape index (κ3) is 5.87. The number of nitrogens with zero attached hydrogens (tertiary/aromatic N) is 2. The minimum Gasteiger partial charge on any atom is -0.356 e. The van der Waals surface area contributed by atoms with Gasteiger partial charge in [-0.1, -0.05) is 36.4 Å². The molecule has 3 rings (SSSR count). The number of piperidine rings is 1. The second kappa shape index (κ2) is 9.59. The zero-order valence-corrected chi connectivity index (χ0v) is 15.8. The van der Waals surface area contributed by atoms with Crippen molar-refractivity contribution in [2.75, 3.05) is 26.7 Å². The van der Waals surface area contributed by atoms with Gasteiger partial charge in [-0.2, -0.15) is 0 Å². The van der Waals surface area contributed by atoms with Crippen molar-refractivity contribution in [3.8, 4) is 0 Å². The summed E-state index contributed by atoms with van der Waals surface area (Å²) in [7, 11) is 1.85. The molecule has 0 aliphatic carbocycles. The van der Waals surface area contributed by atoms with Crippen LogP contribution in [-0.4, -0.2) is 43.6 Å². The molecule has 2 aromatic rings. The van der Waals surface area contributed by atoms with Gasteiger partial charge in [0, 0.05) is 44.1 Å². The number of likely N-dealkylation sites (tertiary alicyclic amines) is 1. The highest BCUT2D eigenvalue weighted by Gasteiger charge is 2.19. The molecule has 0 amide bonds. The Morgan fingerprint density at radius 2 is 1.96 bits per heavy atom. The first kappa shape index (κ1) is 18.0. The zero-order valence-electron chi connectivity index (χ0n) is 14.9. The van der Waals surface area contributed by atoms with E-state index in [-0.39, 0.29) is 0 Å². The van der Waals surface area contributed by atoms with Crippen LogP contribution >= 0.6 is 11.3 Å². The second-order valence-corrected chi connectivity index (χ2v) is 7.54. The largest absolute Gasteiger partial charge is 0.356 e. The van der Waals surface area contributed by atoms with Crippen molar-refractivity contribution in [1.82, 2.24) is 15.5 Å². The van der Waals surface area contributed by atoms with E-state index in [1.54, 1.807) is 0 Å². The van der Waals surface area contributed by atoms with Gasteiger partial charge in [-0.15, -0.1) is 11.3 Å². The molecule has 0 radical (unpaired) electrons. The van der Waals surface area contributed by atoms with Crippen LogP contribution in [0.1, 0.15) is 23.3 Å². The van der Waals surface area contributed by atoms with Gasteiger partial charge in [0.2, 0.25) is 0 Å². The molecule has 4 nitrogen and oxygen atoms in total. The molecule has 134 valence electrons. The van der Waals surface area contributed by atoms with Gasteiger partial charge in [-0.3, -0.25) is 9.89 Å². The molecule has 1 saturated heterocycles. The molecule has 2 heterocycles. The van der Waals surface area contributed by atoms with E-state index < -0.39 is 0 Å². The quantitative estimate of drug-likeness (QED) is 0.617. The van der Waals surface area contributed by atoms with E-state index in [1.807, 2.05) is 18.4 Å². The number of benzene rings is 1. The average molecular weight is 357 g/mol. The summed E-state index contributed by atoms with van der Waals surface area (Å²) in [5, 5.41) is 9.15. The summed E-state index contributed by atoms with van der Waals surface area (Å²) >= 11 is 1.81. The Morgan fingerprint density at radius 3 is 2.64 bits per heavy atom. The number of hydrogen-bond acceptors (Lipinski definition) is 3.